The minimum absolute atomic E-state index is 0.00726. The van der Waals surface area contributed by atoms with E-state index in [1.54, 1.807) is 0 Å². The van der Waals surface area contributed by atoms with Crippen molar-refractivity contribution in [2.24, 2.45) is 0 Å². The van der Waals surface area contributed by atoms with Crippen LogP contribution in [0.15, 0.2) is 18.2 Å². The van der Waals surface area contributed by atoms with E-state index in [1.165, 1.54) is 5.56 Å². The van der Waals surface area contributed by atoms with Gasteiger partial charge in [-0.1, -0.05) is 6.07 Å². The molecule has 92 valence electrons. The molecule has 1 aromatic carbocycles. The van der Waals surface area contributed by atoms with Crippen molar-refractivity contribution in [1.82, 2.24) is 0 Å². The summed E-state index contributed by atoms with van der Waals surface area (Å²) in [6.07, 6.45) is 1.91. The molecular weight excluding hydrogens is 214 g/mol. The van der Waals surface area contributed by atoms with Gasteiger partial charge in [-0.25, -0.2) is 0 Å². The molecule has 3 heteroatoms. The Balaban J connectivity index is 2.01. The standard InChI is InChI=1S/C14H19NO2/c1-10(16)14(5-6-14)11-3-4-13-12(9-11)15(2)7-8-17-13/h3-4,9-10,16H,5-8H2,1-2H3. The molecule has 1 N–H and O–H groups in total. The molecule has 0 amide bonds. The van der Waals surface area contributed by atoms with Gasteiger partial charge in [0.1, 0.15) is 12.4 Å². The highest BCUT2D eigenvalue weighted by atomic mass is 16.5. The number of aliphatic hydroxyl groups is 1. The van der Waals surface area contributed by atoms with Crippen LogP contribution in [-0.4, -0.2) is 31.4 Å². The number of hydrogen-bond donors (Lipinski definition) is 1. The van der Waals surface area contributed by atoms with Crippen molar-refractivity contribution >= 4 is 5.69 Å². The summed E-state index contributed by atoms with van der Waals surface area (Å²) in [7, 11) is 2.09. The maximum absolute atomic E-state index is 9.92. The van der Waals surface area contributed by atoms with E-state index < -0.39 is 0 Å². The molecule has 3 rings (SSSR count). The first-order valence-electron chi connectivity index (χ1n) is 6.30. The Hall–Kier alpha value is -1.22. The van der Waals surface area contributed by atoms with E-state index in [4.69, 9.17) is 4.74 Å². The van der Waals surface area contributed by atoms with Gasteiger partial charge < -0.3 is 14.7 Å². The molecule has 1 unspecified atom stereocenters. The van der Waals surface area contributed by atoms with Gasteiger partial charge in [-0.15, -0.1) is 0 Å². The normalized spacial score (nSPS) is 22.6. The van der Waals surface area contributed by atoms with E-state index in [1.807, 2.05) is 13.0 Å². The molecule has 3 nitrogen and oxygen atoms in total. The van der Waals surface area contributed by atoms with E-state index in [0.29, 0.717) is 0 Å². The first-order valence-corrected chi connectivity index (χ1v) is 6.30. The third-order valence-corrected chi connectivity index (χ3v) is 4.22. The van der Waals surface area contributed by atoms with E-state index in [9.17, 15) is 5.11 Å². The molecule has 0 bridgehead atoms. The Bertz CT molecular complexity index is 438. The Morgan fingerprint density at radius 3 is 2.82 bits per heavy atom. The lowest BCUT2D eigenvalue weighted by Crippen LogP contribution is -2.30. The van der Waals surface area contributed by atoms with Gasteiger partial charge in [-0.3, -0.25) is 0 Å². The maximum atomic E-state index is 9.92. The quantitative estimate of drug-likeness (QED) is 0.847. The van der Waals surface area contributed by atoms with Crippen molar-refractivity contribution in [3.63, 3.8) is 0 Å². The van der Waals surface area contributed by atoms with Crippen molar-refractivity contribution in [3.8, 4) is 5.75 Å². The Kier molecular flexibility index (Phi) is 2.33. The van der Waals surface area contributed by atoms with E-state index >= 15 is 0 Å². The number of rotatable bonds is 2. The molecule has 2 aliphatic rings. The van der Waals surface area contributed by atoms with Crippen molar-refractivity contribution in [1.29, 1.82) is 0 Å². The third-order valence-electron chi connectivity index (χ3n) is 4.22. The topological polar surface area (TPSA) is 32.7 Å². The number of ether oxygens (including phenoxy) is 1. The minimum Gasteiger partial charge on any atom is -0.490 e. The second-order valence-corrected chi connectivity index (χ2v) is 5.28. The summed E-state index contributed by atoms with van der Waals surface area (Å²) >= 11 is 0. The average Bonchev–Trinajstić information content (AvgIpc) is 3.10. The van der Waals surface area contributed by atoms with Gasteiger partial charge >= 0.3 is 0 Å². The number of anilines is 1. The van der Waals surface area contributed by atoms with Crippen LogP contribution in [0, 0.1) is 0 Å². The van der Waals surface area contributed by atoms with Crippen LogP contribution in [0.1, 0.15) is 25.3 Å². The zero-order valence-corrected chi connectivity index (χ0v) is 10.4. The zero-order chi connectivity index (χ0) is 12.0. The lowest BCUT2D eigenvalue weighted by Gasteiger charge is -2.29. The van der Waals surface area contributed by atoms with Crippen LogP contribution in [0.2, 0.25) is 0 Å². The number of hydrogen-bond acceptors (Lipinski definition) is 3. The minimum atomic E-state index is -0.268. The molecule has 1 fully saturated rings. The average molecular weight is 233 g/mol. The summed E-state index contributed by atoms with van der Waals surface area (Å²) in [5.41, 5.74) is 2.41. The summed E-state index contributed by atoms with van der Waals surface area (Å²) < 4.78 is 5.64. The fourth-order valence-corrected chi connectivity index (χ4v) is 2.74. The predicted octanol–water partition coefficient (Wildman–Crippen LogP) is 1.93. The first-order chi connectivity index (χ1) is 8.13. The van der Waals surface area contributed by atoms with Crippen LogP contribution >= 0.6 is 0 Å². The summed E-state index contributed by atoms with van der Waals surface area (Å²) in [6.45, 7) is 3.58. The molecule has 1 aliphatic heterocycles. The molecule has 1 aromatic rings. The van der Waals surface area contributed by atoms with Crippen LogP contribution in [0.5, 0.6) is 5.75 Å². The monoisotopic (exact) mass is 233 g/mol. The molecule has 1 saturated carbocycles. The molecule has 0 saturated heterocycles. The molecule has 1 heterocycles. The molecule has 0 aromatic heterocycles. The van der Waals surface area contributed by atoms with Crippen molar-refractivity contribution in [3.05, 3.63) is 23.8 Å². The Labute approximate surface area is 102 Å². The van der Waals surface area contributed by atoms with Gasteiger partial charge in [0, 0.05) is 12.5 Å². The van der Waals surface area contributed by atoms with E-state index in [2.05, 4.69) is 24.1 Å². The summed E-state index contributed by atoms with van der Waals surface area (Å²) in [5.74, 6) is 0.962. The number of fused-ring (bicyclic) bond motifs is 1. The maximum Gasteiger partial charge on any atom is 0.142 e. The predicted molar refractivity (Wildman–Crippen MR) is 67.8 cm³/mol. The summed E-state index contributed by atoms with van der Waals surface area (Å²) in [5, 5.41) is 9.92. The van der Waals surface area contributed by atoms with Gasteiger partial charge in [-0.05, 0) is 37.5 Å². The van der Waals surface area contributed by atoms with Crippen LogP contribution < -0.4 is 9.64 Å². The highest BCUT2D eigenvalue weighted by Crippen LogP contribution is 2.52. The fourth-order valence-electron chi connectivity index (χ4n) is 2.74. The molecule has 1 atom stereocenters. The van der Waals surface area contributed by atoms with Gasteiger partial charge in [-0.2, -0.15) is 0 Å². The molecule has 1 aliphatic carbocycles. The number of nitrogens with zero attached hydrogens (tertiary/aromatic N) is 1. The highest BCUT2D eigenvalue weighted by molar-refractivity contribution is 5.62. The summed E-state index contributed by atoms with van der Waals surface area (Å²) in [4.78, 5) is 2.22. The largest absolute Gasteiger partial charge is 0.490 e. The molecule has 0 spiro atoms. The second kappa shape index (κ2) is 3.64. The lowest BCUT2D eigenvalue weighted by molar-refractivity contribution is 0.150. The third kappa shape index (κ3) is 1.61. The zero-order valence-electron chi connectivity index (χ0n) is 10.4. The van der Waals surface area contributed by atoms with Gasteiger partial charge in [0.2, 0.25) is 0 Å². The fraction of sp³-hybridized carbons (Fsp3) is 0.571. The van der Waals surface area contributed by atoms with Crippen molar-refractivity contribution in [2.75, 3.05) is 25.1 Å². The molecule has 0 radical (unpaired) electrons. The Morgan fingerprint density at radius 1 is 1.41 bits per heavy atom. The van der Waals surface area contributed by atoms with Gasteiger partial charge in [0.05, 0.1) is 18.3 Å². The first kappa shape index (κ1) is 10.9. The van der Waals surface area contributed by atoms with E-state index in [0.717, 1.165) is 37.4 Å². The molecule has 17 heavy (non-hydrogen) atoms. The van der Waals surface area contributed by atoms with Gasteiger partial charge in [0.25, 0.3) is 0 Å². The number of aliphatic hydroxyl groups excluding tert-OH is 1. The van der Waals surface area contributed by atoms with Crippen molar-refractivity contribution < 1.29 is 9.84 Å². The number of likely N-dealkylation sites (N-methyl/N-ethyl adjacent to an activating group) is 1. The smallest absolute Gasteiger partial charge is 0.142 e. The molecular formula is C14H19NO2. The van der Waals surface area contributed by atoms with Crippen LogP contribution in [0.3, 0.4) is 0 Å². The Morgan fingerprint density at radius 2 is 2.18 bits per heavy atom. The van der Waals surface area contributed by atoms with Crippen LogP contribution in [0.4, 0.5) is 5.69 Å². The SMILES string of the molecule is CC(O)C1(c2ccc3c(c2)N(C)CCO3)CC1. The summed E-state index contributed by atoms with van der Waals surface area (Å²) in [6, 6.07) is 6.34. The van der Waals surface area contributed by atoms with Crippen molar-refractivity contribution in [2.45, 2.75) is 31.3 Å². The van der Waals surface area contributed by atoms with Gasteiger partial charge in [0.15, 0.2) is 0 Å². The highest BCUT2D eigenvalue weighted by Gasteiger charge is 2.48. The van der Waals surface area contributed by atoms with Crippen LogP contribution in [-0.2, 0) is 5.41 Å². The van der Waals surface area contributed by atoms with Crippen LogP contribution in [0.25, 0.3) is 0 Å². The second-order valence-electron chi connectivity index (χ2n) is 5.28. The van der Waals surface area contributed by atoms with E-state index in [-0.39, 0.29) is 11.5 Å². The lowest BCUT2D eigenvalue weighted by atomic mass is 9.90. The number of benzene rings is 1.